The largest absolute Gasteiger partial charge is 0.378 e. The minimum Gasteiger partial charge on any atom is -0.378 e. The quantitative estimate of drug-likeness (QED) is 0.531. The summed E-state index contributed by atoms with van der Waals surface area (Å²) < 4.78 is 1.72. The van der Waals surface area contributed by atoms with E-state index in [-0.39, 0.29) is 11.3 Å². The zero-order valence-corrected chi connectivity index (χ0v) is 16.3. The lowest BCUT2D eigenvalue weighted by atomic mass is 10.1. The van der Waals surface area contributed by atoms with E-state index in [1.807, 2.05) is 73.6 Å². The molecule has 0 N–H and O–H groups in total. The van der Waals surface area contributed by atoms with Crippen LogP contribution in [-0.2, 0) is 6.42 Å². The third-order valence-corrected chi connectivity index (χ3v) is 5.33. The topological polar surface area (TPSA) is 67.6 Å². The number of thiazole rings is 1. The van der Waals surface area contributed by atoms with Gasteiger partial charge in [0.1, 0.15) is 5.69 Å². The number of benzene rings is 2. The lowest BCUT2D eigenvalue weighted by Crippen LogP contribution is -2.28. The number of anilines is 1. The Morgan fingerprint density at radius 1 is 1.04 bits per heavy atom. The molecule has 0 aliphatic heterocycles. The van der Waals surface area contributed by atoms with E-state index >= 15 is 0 Å². The van der Waals surface area contributed by atoms with Crippen LogP contribution in [0.1, 0.15) is 16.8 Å². The summed E-state index contributed by atoms with van der Waals surface area (Å²) in [6.45, 7) is 0. The highest BCUT2D eigenvalue weighted by Gasteiger charge is 2.12. The molecule has 2 heterocycles. The molecule has 0 aliphatic rings. The van der Waals surface area contributed by atoms with Gasteiger partial charge in [0.05, 0.1) is 4.53 Å². The molecule has 4 aromatic rings. The maximum Gasteiger partial charge on any atom is 0.296 e. The van der Waals surface area contributed by atoms with Crippen LogP contribution >= 0.6 is 11.3 Å². The highest BCUT2D eigenvalue weighted by Crippen LogP contribution is 2.13. The molecular formula is C21H18N4O2S. The third-order valence-electron chi connectivity index (χ3n) is 4.37. The molecule has 2 aromatic carbocycles. The van der Waals surface area contributed by atoms with Crippen molar-refractivity contribution >= 4 is 28.1 Å². The molecule has 0 saturated heterocycles. The molecule has 4 rings (SSSR count). The molecule has 7 heteroatoms. The van der Waals surface area contributed by atoms with Crippen molar-refractivity contribution in [3.05, 3.63) is 96.7 Å². The second-order valence-electron chi connectivity index (χ2n) is 6.62. The first-order valence-electron chi connectivity index (χ1n) is 8.77. The van der Waals surface area contributed by atoms with Crippen LogP contribution in [-0.4, -0.2) is 28.7 Å². The summed E-state index contributed by atoms with van der Waals surface area (Å²) in [5.41, 5.74) is 2.52. The Balaban J connectivity index is 1.74. The monoisotopic (exact) mass is 390 g/mol. The molecule has 140 valence electrons. The molecule has 0 saturated carbocycles. The van der Waals surface area contributed by atoms with Crippen LogP contribution in [0.3, 0.4) is 0 Å². The number of hydrogen-bond donors (Lipinski definition) is 0. The molecule has 0 spiro atoms. The van der Waals surface area contributed by atoms with Crippen LogP contribution in [0.15, 0.2) is 64.2 Å². The van der Waals surface area contributed by atoms with E-state index in [1.165, 1.54) is 15.9 Å². The summed E-state index contributed by atoms with van der Waals surface area (Å²) in [5.74, 6) is 0. The van der Waals surface area contributed by atoms with Crippen molar-refractivity contribution in [2.45, 2.75) is 6.42 Å². The van der Waals surface area contributed by atoms with E-state index in [4.69, 9.17) is 0 Å². The molecule has 0 unspecified atom stereocenters. The van der Waals surface area contributed by atoms with Gasteiger partial charge in [-0.25, -0.2) is 0 Å². The van der Waals surface area contributed by atoms with E-state index in [9.17, 15) is 9.59 Å². The average Bonchev–Trinajstić information content (AvgIpc) is 2.98. The lowest BCUT2D eigenvalue weighted by Gasteiger charge is -2.12. The molecule has 0 atom stereocenters. The Morgan fingerprint density at radius 3 is 2.43 bits per heavy atom. The second kappa shape index (κ2) is 7.36. The van der Waals surface area contributed by atoms with Crippen molar-refractivity contribution in [2.75, 3.05) is 19.0 Å². The summed E-state index contributed by atoms with van der Waals surface area (Å²) in [7, 11) is 3.94. The van der Waals surface area contributed by atoms with Crippen LogP contribution in [0.5, 0.6) is 0 Å². The van der Waals surface area contributed by atoms with Crippen LogP contribution in [0.2, 0.25) is 0 Å². The summed E-state index contributed by atoms with van der Waals surface area (Å²) in [6.07, 6.45) is 2.11. The number of aromatic nitrogens is 3. The predicted molar refractivity (Wildman–Crippen MR) is 112 cm³/mol. The Morgan fingerprint density at radius 2 is 1.75 bits per heavy atom. The Bertz CT molecular complexity index is 1290. The Labute approximate surface area is 165 Å². The van der Waals surface area contributed by atoms with Crippen LogP contribution in [0, 0.1) is 0 Å². The summed E-state index contributed by atoms with van der Waals surface area (Å²) >= 11 is 1.17. The van der Waals surface area contributed by atoms with Gasteiger partial charge >= 0.3 is 0 Å². The first-order valence-corrected chi connectivity index (χ1v) is 9.59. The second-order valence-corrected chi connectivity index (χ2v) is 7.63. The van der Waals surface area contributed by atoms with Crippen LogP contribution < -0.4 is 20.6 Å². The van der Waals surface area contributed by atoms with Gasteiger partial charge in [-0.1, -0.05) is 53.8 Å². The lowest BCUT2D eigenvalue weighted by molar-refractivity contribution is 0.811. The van der Waals surface area contributed by atoms with Gasteiger partial charge in [0, 0.05) is 26.2 Å². The highest BCUT2D eigenvalue weighted by molar-refractivity contribution is 7.15. The van der Waals surface area contributed by atoms with E-state index in [2.05, 4.69) is 10.1 Å². The smallest absolute Gasteiger partial charge is 0.296 e. The van der Waals surface area contributed by atoms with Crippen molar-refractivity contribution < 1.29 is 0 Å². The third kappa shape index (κ3) is 3.57. The Hall–Kier alpha value is -3.32. The van der Waals surface area contributed by atoms with Gasteiger partial charge in [0.25, 0.3) is 11.1 Å². The van der Waals surface area contributed by atoms with Gasteiger partial charge in [-0.05, 0) is 29.3 Å². The van der Waals surface area contributed by atoms with Crippen molar-refractivity contribution in [3.8, 4) is 0 Å². The number of nitrogens with zero attached hydrogens (tertiary/aromatic N) is 4. The molecule has 0 amide bonds. The van der Waals surface area contributed by atoms with Crippen LogP contribution in [0.4, 0.5) is 5.69 Å². The van der Waals surface area contributed by atoms with Crippen molar-refractivity contribution in [3.63, 3.8) is 0 Å². The van der Waals surface area contributed by atoms with Gasteiger partial charge in [-0.2, -0.15) is 14.6 Å². The van der Waals surface area contributed by atoms with E-state index in [0.717, 1.165) is 16.8 Å². The molecule has 0 fully saturated rings. The zero-order chi connectivity index (χ0) is 19.7. The van der Waals surface area contributed by atoms with Crippen LogP contribution in [0.25, 0.3) is 11.0 Å². The fraction of sp³-hybridized carbons (Fsp3) is 0.143. The van der Waals surface area contributed by atoms with Gasteiger partial charge in [0.2, 0.25) is 4.96 Å². The first-order chi connectivity index (χ1) is 13.5. The molecule has 6 nitrogen and oxygen atoms in total. The van der Waals surface area contributed by atoms with Crippen molar-refractivity contribution in [1.82, 2.24) is 14.6 Å². The predicted octanol–water partition coefficient (Wildman–Crippen LogP) is 1.72. The molecule has 28 heavy (non-hydrogen) atoms. The zero-order valence-electron chi connectivity index (χ0n) is 15.5. The fourth-order valence-electron chi connectivity index (χ4n) is 2.86. The molecule has 2 aromatic heterocycles. The summed E-state index contributed by atoms with van der Waals surface area (Å²) in [5, 5.41) is 4.30. The molecule has 0 bridgehead atoms. The van der Waals surface area contributed by atoms with Gasteiger partial charge in [0.15, 0.2) is 0 Å². The maximum atomic E-state index is 12.7. The standard InChI is InChI=1S/C21H18N4O2S/c1-24(2)16-10-8-15(9-11-16)12-17-19(26)22-21-25(23-17)20(27)18(28-21)13-14-6-4-3-5-7-14/h3-11,13H,12H2,1-2H3/b18-13-. The van der Waals surface area contributed by atoms with E-state index in [0.29, 0.717) is 15.9 Å². The molecule has 0 radical (unpaired) electrons. The van der Waals surface area contributed by atoms with Crippen molar-refractivity contribution in [2.24, 2.45) is 0 Å². The first kappa shape index (κ1) is 18.1. The summed E-state index contributed by atoms with van der Waals surface area (Å²) in [6, 6.07) is 17.4. The Kier molecular flexibility index (Phi) is 4.75. The normalized spacial score (nSPS) is 11.9. The minimum absolute atomic E-state index is 0.260. The number of rotatable bonds is 4. The van der Waals surface area contributed by atoms with E-state index in [1.54, 1.807) is 6.08 Å². The molecule has 0 aliphatic carbocycles. The SMILES string of the molecule is CN(C)c1ccc(Cc2nn3c(=O)/c(=C/c4ccccc4)sc3nc2=O)cc1. The number of hydrogen-bond acceptors (Lipinski definition) is 6. The summed E-state index contributed by atoms with van der Waals surface area (Å²) in [4.78, 5) is 31.5. The average molecular weight is 390 g/mol. The van der Waals surface area contributed by atoms with Crippen molar-refractivity contribution in [1.29, 1.82) is 0 Å². The maximum absolute atomic E-state index is 12.7. The highest BCUT2D eigenvalue weighted by atomic mass is 32.1. The number of fused-ring (bicyclic) bond motifs is 1. The van der Waals surface area contributed by atoms with Gasteiger partial charge in [-0.15, -0.1) is 0 Å². The minimum atomic E-state index is -0.399. The van der Waals surface area contributed by atoms with E-state index < -0.39 is 5.56 Å². The van der Waals surface area contributed by atoms with Gasteiger partial charge in [-0.3, -0.25) is 9.59 Å². The van der Waals surface area contributed by atoms with Gasteiger partial charge < -0.3 is 4.90 Å². The fourth-order valence-corrected chi connectivity index (χ4v) is 3.76. The molecular weight excluding hydrogens is 372 g/mol.